The Morgan fingerprint density at radius 1 is 1.45 bits per heavy atom. The van der Waals surface area contributed by atoms with Crippen molar-refractivity contribution in [1.29, 1.82) is 0 Å². The molecule has 29 heavy (non-hydrogen) atoms. The second-order valence-electron chi connectivity index (χ2n) is 7.71. The molecule has 154 valence electrons. The first kappa shape index (κ1) is 20.6. The number of aromatic nitrogens is 2. The Kier molecular flexibility index (Phi) is 5.74. The van der Waals surface area contributed by atoms with Gasteiger partial charge >= 0.3 is 12.0 Å². The fraction of sp³-hybridized carbons (Fsp3) is 0.381. The SMILES string of the molecule is C=CCNc1nc(N(C)C(=O)OC(C)(C)C)[n+]2c(c1CN)OCc1ccccc1-2. The van der Waals surface area contributed by atoms with Gasteiger partial charge in [0.05, 0.1) is 7.05 Å². The zero-order valence-corrected chi connectivity index (χ0v) is 17.4. The van der Waals surface area contributed by atoms with E-state index in [4.69, 9.17) is 20.2 Å². The van der Waals surface area contributed by atoms with Crippen LogP contribution >= 0.6 is 0 Å². The second-order valence-corrected chi connectivity index (χ2v) is 7.71. The van der Waals surface area contributed by atoms with Crippen LogP contribution in [0.2, 0.25) is 0 Å². The molecular formula is C21H28N5O3+. The summed E-state index contributed by atoms with van der Waals surface area (Å²) in [6.07, 6.45) is 1.21. The lowest BCUT2D eigenvalue weighted by Gasteiger charge is -2.26. The Labute approximate surface area is 170 Å². The molecule has 3 N–H and O–H groups in total. The van der Waals surface area contributed by atoms with E-state index in [1.165, 1.54) is 4.90 Å². The maximum atomic E-state index is 12.8. The van der Waals surface area contributed by atoms with Crippen LogP contribution in [-0.2, 0) is 17.9 Å². The number of carbonyl (C=O) groups is 1. The number of carbonyl (C=O) groups excluding carboxylic acids is 1. The summed E-state index contributed by atoms with van der Waals surface area (Å²) in [5, 5.41) is 3.19. The molecule has 0 aliphatic carbocycles. The van der Waals surface area contributed by atoms with Gasteiger partial charge in [-0.2, -0.15) is 9.47 Å². The van der Waals surface area contributed by atoms with Crippen molar-refractivity contribution < 1.29 is 18.8 Å². The summed E-state index contributed by atoms with van der Waals surface area (Å²) < 4.78 is 13.4. The van der Waals surface area contributed by atoms with Crippen molar-refractivity contribution >= 4 is 17.9 Å². The Hall–Kier alpha value is -3.13. The van der Waals surface area contributed by atoms with E-state index in [1.807, 2.05) is 49.6 Å². The van der Waals surface area contributed by atoms with Gasteiger partial charge in [-0.3, -0.25) is 0 Å². The van der Waals surface area contributed by atoms with E-state index >= 15 is 0 Å². The van der Waals surface area contributed by atoms with Crippen LogP contribution in [0.15, 0.2) is 36.9 Å². The zero-order valence-electron chi connectivity index (χ0n) is 17.4. The minimum absolute atomic E-state index is 0.223. The molecule has 8 nitrogen and oxygen atoms in total. The van der Waals surface area contributed by atoms with Crippen LogP contribution in [-0.4, -0.2) is 30.3 Å². The molecule has 0 fully saturated rings. The van der Waals surface area contributed by atoms with Gasteiger partial charge in [-0.05, 0) is 26.8 Å². The highest BCUT2D eigenvalue weighted by Crippen LogP contribution is 2.31. The van der Waals surface area contributed by atoms with Gasteiger partial charge in [0.25, 0.3) is 5.88 Å². The monoisotopic (exact) mass is 398 g/mol. The molecule has 0 bridgehead atoms. The van der Waals surface area contributed by atoms with Gasteiger partial charge < -0.3 is 20.5 Å². The summed E-state index contributed by atoms with van der Waals surface area (Å²) in [6, 6.07) is 7.83. The molecule has 0 saturated heterocycles. The van der Waals surface area contributed by atoms with Gasteiger partial charge in [-0.1, -0.05) is 29.3 Å². The molecule has 0 saturated carbocycles. The molecular weight excluding hydrogens is 370 g/mol. The van der Waals surface area contributed by atoms with Crippen LogP contribution < -0.4 is 25.3 Å². The Balaban J connectivity index is 2.21. The molecule has 1 aromatic heterocycles. The Morgan fingerprint density at radius 2 is 2.17 bits per heavy atom. The highest BCUT2D eigenvalue weighted by Gasteiger charge is 2.37. The molecule has 0 radical (unpaired) electrons. The topological polar surface area (TPSA) is 93.6 Å². The van der Waals surface area contributed by atoms with E-state index in [1.54, 1.807) is 13.1 Å². The van der Waals surface area contributed by atoms with E-state index in [2.05, 4.69) is 11.9 Å². The maximum Gasteiger partial charge on any atom is 0.479 e. The van der Waals surface area contributed by atoms with Crippen molar-refractivity contribution in [3.8, 4) is 11.6 Å². The standard InChI is InChI=1S/C21H27N5O3/c1-6-11-23-17-15(12-22)18-26(16-10-8-7-9-14(16)13-28-18)19(24-17)25(5)20(27)29-21(2,3)4/h6-10H,1,11-13,22H2,2-5H3/p+1. The molecule has 1 aliphatic rings. The second kappa shape index (κ2) is 8.08. The number of nitrogens with one attached hydrogen (secondary N) is 1. The van der Waals surface area contributed by atoms with Crippen molar-refractivity contribution in [2.75, 3.05) is 23.8 Å². The normalized spacial score (nSPS) is 12.3. The van der Waals surface area contributed by atoms with Gasteiger partial charge in [-0.15, -0.1) is 6.58 Å². The van der Waals surface area contributed by atoms with Crippen LogP contribution in [0, 0.1) is 0 Å². The Bertz CT molecular complexity index is 937. The van der Waals surface area contributed by atoms with Crippen molar-refractivity contribution in [1.82, 2.24) is 4.98 Å². The summed E-state index contributed by atoms with van der Waals surface area (Å²) in [5.41, 5.74) is 7.99. The third-order valence-electron chi connectivity index (χ3n) is 4.34. The van der Waals surface area contributed by atoms with E-state index in [0.29, 0.717) is 30.8 Å². The lowest BCUT2D eigenvalue weighted by molar-refractivity contribution is -0.599. The predicted molar refractivity (Wildman–Crippen MR) is 111 cm³/mol. The van der Waals surface area contributed by atoms with Crippen LogP contribution in [0.4, 0.5) is 16.6 Å². The molecule has 1 amide bonds. The molecule has 2 heterocycles. The first-order valence-corrected chi connectivity index (χ1v) is 9.48. The van der Waals surface area contributed by atoms with Gasteiger partial charge in [0.2, 0.25) is 5.82 Å². The summed E-state index contributed by atoms with van der Waals surface area (Å²) >= 11 is 0. The minimum atomic E-state index is -0.633. The number of hydrogen-bond donors (Lipinski definition) is 2. The summed E-state index contributed by atoms with van der Waals surface area (Å²) in [6.45, 7) is 10.3. The lowest BCUT2D eigenvalue weighted by Crippen LogP contribution is -2.48. The van der Waals surface area contributed by atoms with Crippen LogP contribution in [0.3, 0.4) is 0 Å². The van der Waals surface area contributed by atoms with E-state index in [0.717, 1.165) is 16.8 Å². The van der Waals surface area contributed by atoms with Gasteiger partial charge in [0.15, 0.2) is 0 Å². The number of nitrogens with zero attached hydrogens (tertiary/aromatic N) is 3. The van der Waals surface area contributed by atoms with Crippen LogP contribution in [0.1, 0.15) is 31.9 Å². The molecule has 2 aromatic rings. The zero-order chi connectivity index (χ0) is 21.2. The Morgan fingerprint density at radius 3 is 2.83 bits per heavy atom. The minimum Gasteiger partial charge on any atom is -0.462 e. The largest absolute Gasteiger partial charge is 0.479 e. The fourth-order valence-electron chi connectivity index (χ4n) is 3.05. The van der Waals surface area contributed by atoms with Crippen molar-refractivity contribution in [2.24, 2.45) is 5.73 Å². The molecule has 1 aromatic carbocycles. The van der Waals surface area contributed by atoms with E-state index < -0.39 is 11.7 Å². The molecule has 3 rings (SSSR count). The van der Waals surface area contributed by atoms with Crippen molar-refractivity contribution in [3.63, 3.8) is 0 Å². The number of anilines is 2. The molecule has 8 heteroatoms. The average Bonchev–Trinajstić information content (AvgIpc) is 2.69. The molecule has 1 aliphatic heterocycles. The lowest BCUT2D eigenvalue weighted by atomic mass is 10.1. The smallest absolute Gasteiger partial charge is 0.462 e. The number of rotatable bonds is 5. The molecule has 0 unspecified atom stereocenters. The number of hydrogen-bond acceptors (Lipinski definition) is 6. The van der Waals surface area contributed by atoms with Crippen molar-refractivity contribution in [3.05, 3.63) is 48.0 Å². The average molecular weight is 398 g/mol. The number of ether oxygens (including phenoxy) is 2. The quantitative estimate of drug-likeness (QED) is 0.594. The van der Waals surface area contributed by atoms with Crippen LogP contribution in [0.5, 0.6) is 5.88 Å². The highest BCUT2D eigenvalue weighted by atomic mass is 16.6. The number of nitrogens with two attached hydrogens (primary N) is 1. The molecule has 0 spiro atoms. The predicted octanol–water partition coefficient (Wildman–Crippen LogP) is 2.68. The van der Waals surface area contributed by atoms with Crippen LogP contribution in [0.25, 0.3) is 5.69 Å². The maximum absolute atomic E-state index is 12.8. The fourth-order valence-corrected chi connectivity index (χ4v) is 3.05. The number of fused-ring (bicyclic) bond motifs is 3. The molecule has 0 atom stereocenters. The van der Waals surface area contributed by atoms with Crippen molar-refractivity contribution in [2.45, 2.75) is 39.5 Å². The third-order valence-corrected chi connectivity index (χ3v) is 4.34. The third kappa shape index (κ3) is 4.17. The van der Waals surface area contributed by atoms with Gasteiger partial charge in [0, 0.05) is 18.7 Å². The van der Waals surface area contributed by atoms with E-state index in [9.17, 15) is 4.79 Å². The number of benzene rings is 1. The van der Waals surface area contributed by atoms with E-state index in [-0.39, 0.29) is 6.54 Å². The van der Waals surface area contributed by atoms with Gasteiger partial charge in [-0.25, -0.2) is 4.79 Å². The summed E-state index contributed by atoms with van der Waals surface area (Å²) in [5.74, 6) is 1.46. The van der Waals surface area contributed by atoms with Gasteiger partial charge in [0.1, 0.15) is 23.5 Å². The number of para-hydroxylation sites is 1. The summed E-state index contributed by atoms with van der Waals surface area (Å²) in [7, 11) is 1.63. The first-order valence-electron chi connectivity index (χ1n) is 9.48. The number of amides is 1. The highest BCUT2D eigenvalue weighted by molar-refractivity contribution is 5.84. The summed E-state index contributed by atoms with van der Waals surface area (Å²) in [4.78, 5) is 18.9. The first-order chi connectivity index (χ1) is 13.8.